The first-order chi connectivity index (χ1) is 7.90. The maximum absolute atomic E-state index is 12.3. The van der Waals surface area contributed by atoms with Crippen LogP contribution in [0.2, 0.25) is 0 Å². The fraction of sp³-hybridized carbons (Fsp3) is 0.455. The van der Waals surface area contributed by atoms with Crippen LogP contribution in [0.4, 0.5) is 0 Å². The fourth-order valence-electron chi connectivity index (χ4n) is 2.02. The van der Waals surface area contributed by atoms with E-state index in [4.69, 9.17) is 0 Å². The highest BCUT2D eigenvalue weighted by atomic mass is 32.1. The van der Waals surface area contributed by atoms with E-state index in [1.165, 1.54) is 25.2 Å². The third kappa shape index (κ3) is 1.52. The van der Waals surface area contributed by atoms with E-state index in [0.717, 1.165) is 9.94 Å². The second kappa shape index (κ2) is 3.90. The van der Waals surface area contributed by atoms with Crippen LogP contribution in [0.15, 0.2) is 17.5 Å². The van der Waals surface area contributed by atoms with Gasteiger partial charge < -0.3 is 10.4 Å². The summed E-state index contributed by atoms with van der Waals surface area (Å²) in [6, 6.07) is 3.14. The highest BCUT2D eigenvalue weighted by Crippen LogP contribution is 2.29. The van der Waals surface area contributed by atoms with Gasteiger partial charge in [0.25, 0.3) is 0 Å². The van der Waals surface area contributed by atoms with Gasteiger partial charge in [0.05, 0.1) is 4.88 Å². The van der Waals surface area contributed by atoms with E-state index in [9.17, 15) is 15.2 Å². The molecule has 1 aromatic heterocycles. The van der Waals surface area contributed by atoms with Gasteiger partial charge in [-0.05, 0) is 18.4 Å². The number of thiophene rings is 1. The minimum atomic E-state index is -1.53. The molecule has 0 radical (unpaired) electrons. The summed E-state index contributed by atoms with van der Waals surface area (Å²) in [5.41, 5.74) is -1.10. The van der Waals surface area contributed by atoms with Crippen molar-refractivity contribution in [2.75, 3.05) is 0 Å². The lowest BCUT2D eigenvalue weighted by Crippen LogP contribution is -2.53. The van der Waals surface area contributed by atoms with Crippen LogP contribution in [0.3, 0.4) is 0 Å². The molecule has 0 saturated carbocycles. The van der Waals surface area contributed by atoms with Crippen molar-refractivity contribution in [1.82, 2.24) is 5.06 Å². The van der Waals surface area contributed by atoms with Gasteiger partial charge in [-0.1, -0.05) is 6.07 Å². The van der Waals surface area contributed by atoms with E-state index < -0.39 is 11.7 Å². The maximum atomic E-state index is 12.3. The molecule has 1 aliphatic rings. The van der Waals surface area contributed by atoms with Crippen molar-refractivity contribution < 1.29 is 14.7 Å². The van der Waals surface area contributed by atoms with Crippen molar-refractivity contribution in [2.24, 2.45) is 0 Å². The molecule has 2 heterocycles. The summed E-state index contributed by atoms with van der Waals surface area (Å²) >= 11 is 1.41. The zero-order valence-electron chi connectivity index (χ0n) is 9.88. The smallest absolute Gasteiger partial charge is 0.307 e. The Hall–Kier alpha value is -1.24. The second-order valence-electron chi connectivity index (χ2n) is 4.25. The number of carbonyl (C=O) groups is 1. The SMILES string of the molecule is CC(=O)C1(C)N(O)C(C)C(c2cccs2)=[N+]1[O-]. The molecule has 0 fully saturated rings. The van der Waals surface area contributed by atoms with E-state index in [1.54, 1.807) is 13.0 Å². The molecule has 17 heavy (non-hydrogen) atoms. The summed E-state index contributed by atoms with van der Waals surface area (Å²) in [7, 11) is 0. The Morgan fingerprint density at radius 3 is 2.76 bits per heavy atom. The summed E-state index contributed by atoms with van der Waals surface area (Å²) in [5.74, 6) is -0.381. The molecular weight excluding hydrogens is 240 g/mol. The normalized spacial score (nSPS) is 30.0. The van der Waals surface area contributed by atoms with Crippen molar-refractivity contribution in [1.29, 1.82) is 0 Å². The van der Waals surface area contributed by atoms with Gasteiger partial charge in [-0.15, -0.1) is 16.4 Å². The molecule has 0 aromatic carbocycles. The summed E-state index contributed by atoms with van der Waals surface area (Å²) in [6.07, 6.45) is 0. The largest absolute Gasteiger partial charge is 0.622 e. The number of hydrogen-bond donors (Lipinski definition) is 1. The highest BCUT2D eigenvalue weighted by Gasteiger charge is 2.56. The van der Waals surface area contributed by atoms with Crippen LogP contribution < -0.4 is 0 Å². The van der Waals surface area contributed by atoms with Crippen LogP contribution in [0.5, 0.6) is 0 Å². The monoisotopic (exact) mass is 254 g/mol. The number of Topliss-reactive ketones (excluding diaryl/α,β-unsaturated/α-hetero) is 1. The van der Waals surface area contributed by atoms with Crippen LogP contribution in [-0.4, -0.2) is 38.2 Å². The summed E-state index contributed by atoms with van der Waals surface area (Å²) in [4.78, 5) is 12.4. The molecule has 0 aliphatic carbocycles. The molecule has 1 N–H and O–H groups in total. The lowest BCUT2D eigenvalue weighted by Gasteiger charge is -2.26. The summed E-state index contributed by atoms with van der Waals surface area (Å²) < 4.78 is 0.617. The minimum Gasteiger partial charge on any atom is -0.622 e. The molecule has 2 unspecified atom stereocenters. The summed E-state index contributed by atoms with van der Waals surface area (Å²) in [5, 5.41) is 24.9. The van der Waals surface area contributed by atoms with Crippen LogP contribution in [-0.2, 0) is 4.79 Å². The minimum absolute atomic E-state index is 0.381. The van der Waals surface area contributed by atoms with Crippen molar-refractivity contribution in [2.45, 2.75) is 32.5 Å². The van der Waals surface area contributed by atoms with Gasteiger partial charge in [-0.2, -0.15) is 4.74 Å². The second-order valence-corrected chi connectivity index (χ2v) is 5.20. The van der Waals surface area contributed by atoms with E-state index >= 15 is 0 Å². The molecule has 6 heteroatoms. The molecule has 2 atom stereocenters. The van der Waals surface area contributed by atoms with E-state index in [1.807, 2.05) is 11.4 Å². The molecule has 5 nitrogen and oxygen atoms in total. The Balaban J connectivity index is 2.59. The average molecular weight is 254 g/mol. The molecule has 2 rings (SSSR count). The number of hydroxylamine groups is 3. The molecule has 1 aromatic rings. The van der Waals surface area contributed by atoms with E-state index in [0.29, 0.717) is 10.5 Å². The first kappa shape index (κ1) is 12.2. The quantitative estimate of drug-likeness (QED) is 0.640. The zero-order valence-corrected chi connectivity index (χ0v) is 10.7. The van der Waals surface area contributed by atoms with Crippen LogP contribution in [0, 0.1) is 5.21 Å². The average Bonchev–Trinajstić information content (AvgIpc) is 2.84. The third-order valence-corrected chi connectivity index (χ3v) is 4.16. The number of nitrogens with zero attached hydrogens (tertiary/aromatic N) is 2. The van der Waals surface area contributed by atoms with Gasteiger partial charge in [0, 0.05) is 13.8 Å². The first-order valence-electron chi connectivity index (χ1n) is 5.28. The molecule has 0 spiro atoms. The predicted octanol–water partition coefficient (Wildman–Crippen LogP) is 1.45. The molecular formula is C11H14N2O3S. The predicted molar refractivity (Wildman–Crippen MR) is 64.2 cm³/mol. The van der Waals surface area contributed by atoms with E-state index in [-0.39, 0.29) is 5.78 Å². The van der Waals surface area contributed by atoms with Crippen molar-refractivity contribution >= 4 is 22.8 Å². The van der Waals surface area contributed by atoms with Crippen molar-refractivity contribution in [3.8, 4) is 0 Å². The highest BCUT2D eigenvalue weighted by molar-refractivity contribution is 7.12. The number of rotatable bonds is 2. The number of ketones is 1. The van der Waals surface area contributed by atoms with Crippen LogP contribution >= 0.6 is 11.3 Å². The Kier molecular flexibility index (Phi) is 2.81. The van der Waals surface area contributed by atoms with Gasteiger partial charge in [0.15, 0.2) is 0 Å². The zero-order chi connectivity index (χ0) is 12.8. The van der Waals surface area contributed by atoms with E-state index in [2.05, 4.69) is 0 Å². The Bertz CT molecular complexity index is 483. The molecule has 1 aliphatic heterocycles. The molecule has 0 bridgehead atoms. The van der Waals surface area contributed by atoms with Gasteiger partial charge in [-0.3, -0.25) is 4.79 Å². The Morgan fingerprint density at radius 2 is 2.35 bits per heavy atom. The van der Waals surface area contributed by atoms with Gasteiger partial charge >= 0.3 is 5.66 Å². The molecule has 0 saturated heterocycles. The number of hydrogen-bond acceptors (Lipinski definition) is 5. The standard InChI is InChI=1S/C11H14N2O3S/c1-7-10(9-5-4-6-17-9)13(16)11(3,8(2)14)12(7)15/h4-7,15H,1-3H3. The van der Waals surface area contributed by atoms with Crippen LogP contribution in [0.1, 0.15) is 25.6 Å². The first-order valence-corrected chi connectivity index (χ1v) is 6.16. The van der Waals surface area contributed by atoms with Gasteiger partial charge in [0.2, 0.25) is 11.5 Å². The maximum Gasteiger partial charge on any atom is 0.307 e. The Labute approximate surface area is 103 Å². The fourth-order valence-corrected chi connectivity index (χ4v) is 2.86. The topological polar surface area (TPSA) is 66.6 Å². The lowest BCUT2D eigenvalue weighted by molar-refractivity contribution is -0.564. The van der Waals surface area contributed by atoms with Crippen molar-refractivity contribution in [3.63, 3.8) is 0 Å². The number of carbonyl (C=O) groups excluding carboxylic acids is 1. The Morgan fingerprint density at radius 1 is 1.71 bits per heavy atom. The van der Waals surface area contributed by atoms with Gasteiger partial charge in [0.1, 0.15) is 6.04 Å². The molecule has 0 amide bonds. The molecule has 92 valence electrons. The third-order valence-electron chi connectivity index (χ3n) is 3.26. The van der Waals surface area contributed by atoms with Crippen molar-refractivity contribution in [3.05, 3.63) is 27.6 Å². The summed E-state index contributed by atoms with van der Waals surface area (Å²) in [6.45, 7) is 4.44. The lowest BCUT2D eigenvalue weighted by atomic mass is 10.1. The van der Waals surface area contributed by atoms with Crippen LogP contribution in [0.25, 0.3) is 0 Å². The van der Waals surface area contributed by atoms with Gasteiger partial charge in [-0.25, -0.2) is 0 Å².